The summed E-state index contributed by atoms with van der Waals surface area (Å²) in [6.07, 6.45) is 79.4. The predicted molar refractivity (Wildman–Crippen MR) is 299 cm³/mol. The highest BCUT2D eigenvalue weighted by molar-refractivity contribution is 5.76. The van der Waals surface area contributed by atoms with Gasteiger partial charge in [0.1, 0.15) is 0 Å². The molecule has 0 aromatic rings. The number of allylic oxidation sites excluding steroid dienone is 3. The third-order valence-corrected chi connectivity index (χ3v) is 14.7. The van der Waals surface area contributed by atoms with Gasteiger partial charge in [0, 0.05) is 6.42 Å². The molecular formula is C63H123NO3. The van der Waals surface area contributed by atoms with E-state index >= 15 is 0 Å². The van der Waals surface area contributed by atoms with E-state index in [9.17, 15) is 15.0 Å². The lowest BCUT2D eigenvalue weighted by Gasteiger charge is -2.20. The fourth-order valence-corrected chi connectivity index (χ4v) is 9.94. The Labute approximate surface area is 421 Å². The number of nitrogens with one attached hydrogen (secondary N) is 1. The summed E-state index contributed by atoms with van der Waals surface area (Å²) >= 11 is 0. The van der Waals surface area contributed by atoms with Crippen molar-refractivity contribution in [2.45, 2.75) is 366 Å². The number of aliphatic hydroxyl groups excluding tert-OH is 2. The maximum atomic E-state index is 12.5. The first kappa shape index (κ1) is 65.9. The summed E-state index contributed by atoms with van der Waals surface area (Å²) < 4.78 is 0. The highest BCUT2D eigenvalue weighted by Crippen LogP contribution is 2.18. The maximum absolute atomic E-state index is 12.5. The van der Waals surface area contributed by atoms with Crippen molar-refractivity contribution in [1.29, 1.82) is 0 Å². The molecule has 4 nitrogen and oxygen atoms in total. The molecule has 0 fully saturated rings. The highest BCUT2D eigenvalue weighted by Gasteiger charge is 2.18. The average Bonchev–Trinajstić information content (AvgIpc) is 3.33. The molecule has 4 heteroatoms. The fraction of sp³-hybridized carbons (Fsp3) is 0.921. The van der Waals surface area contributed by atoms with Crippen LogP contribution in [0.5, 0.6) is 0 Å². The zero-order valence-corrected chi connectivity index (χ0v) is 46.0. The lowest BCUT2D eigenvalue weighted by atomic mass is 10.0. The van der Waals surface area contributed by atoms with Gasteiger partial charge in [0.15, 0.2) is 0 Å². The number of carbonyl (C=O) groups is 1. The smallest absolute Gasteiger partial charge is 0.220 e. The van der Waals surface area contributed by atoms with Crippen LogP contribution < -0.4 is 5.32 Å². The zero-order valence-electron chi connectivity index (χ0n) is 46.0. The Morgan fingerprint density at radius 1 is 0.343 bits per heavy atom. The summed E-state index contributed by atoms with van der Waals surface area (Å²) in [6.45, 7) is 4.35. The van der Waals surface area contributed by atoms with E-state index in [0.29, 0.717) is 6.42 Å². The Morgan fingerprint density at radius 3 is 0.821 bits per heavy atom. The van der Waals surface area contributed by atoms with Gasteiger partial charge in [-0.05, 0) is 44.9 Å². The minimum absolute atomic E-state index is 0.0559. The molecule has 0 aliphatic carbocycles. The minimum Gasteiger partial charge on any atom is -0.394 e. The largest absolute Gasteiger partial charge is 0.394 e. The van der Waals surface area contributed by atoms with E-state index in [-0.39, 0.29) is 12.5 Å². The third kappa shape index (κ3) is 55.7. The quantitative estimate of drug-likeness (QED) is 0.0420. The molecule has 0 aliphatic heterocycles. The summed E-state index contributed by atoms with van der Waals surface area (Å²) in [4.78, 5) is 12.5. The maximum Gasteiger partial charge on any atom is 0.220 e. The predicted octanol–water partition coefficient (Wildman–Crippen LogP) is 20.7. The Bertz CT molecular complexity index is 978. The number of rotatable bonds is 58. The molecule has 0 aromatic heterocycles. The van der Waals surface area contributed by atoms with Gasteiger partial charge in [0.25, 0.3) is 0 Å². The lowest BCUT2D eigenvalue weighted by molar-refractivity contribution is -0.123. The molecule has 67 heavy (non-hydrogen) atoms. The summed E-state index contributed by atoms with van der Waals surface area (Å²) in [5.74, 6) is -0.0559. The van der Waals surface area contributed by atoms with Gasteiger partial charge in [-0.1, -0.05) is 327 Å². The first-order chi connectivity index (χ1) is 33.2. The van der Waals surface area contributed by atoms with Crippen molar-refractivity contribution in [3.63, 3.8) is 0 Å². The van der Waals surface area contributed by atoms with E-state index in [2.05, 4.69) is 31.3 Å². The van der Waals surface area contributed by atoms with E-state index in [1.165, 1.54) is 308 Å². The molecule has 0 aromatic carbocycles. The van der Waals surface area contributed by atoms with E-state index in [0.717, 1.165) is 25.7 Å². The summed E-state index contributed by atoms with van der Waals surface area (Å²) in [5.41, 5.74) is 0. The highest BCUT2D eigenvalue weighted by atomic mass is 16.3. The van der Waals surface area contributed by atoms with Crippen LogP contribution in [0.4, 0.5) is 0 Å². The molecular weight excluding hydrogens is 819 g/mol. The molecule has 398 valence electrons. The molecule has 2 unspecified atom stereocenters. The van der Waals surface area contributed by atoms with Gasteiger partial charge in [-0.3, -0.25) is 4.79 Å². The number of hydrogen-bond donors (Lipinski definition) is 3. The SMILES string of the molecule is CCCCCCCCCC/C=C\CCCCCCCCCCCCCCCCCCCCCCCC(=O)NC(CO)C(O)/C=C/CCCCCCCCCCCCCCCCCCCCCC. The van der Waals surface area contributed by atoms with Crippen LogP contribution in [0.3, 0.4) is 0 Å². The summed E-state index contributed by atoms with van der Waals surface area (Å²) in [5, 5.41) is 23.2. The van der Waals surface area contributed by atoms with Crippen LogP contribution >= 0.6 is 0 Å². The van der Waals surface area contributed by atoms with Gasteiger partial charge in [-0.2, -0.15) is 0 Å². The second-order valence-electron chi connectivity index (χ2n) is 21.5. The van der Waals surface area contributed by atoms with Crippen LogP contribution in [0.15, 0.2) is 24.3 Å². The van der Waals surface area contributed by atoms with E-state index in [1.54, 1.807) is 6.08 Å². The molecule has 0 spiro atoms. The Kier molecular flexibility index (Phi) is 58.2. The topological polar surface area (TPSA) is 69.6 Å². The summed E-state index contributed by atoms with van der Waals surface area (Å²) in [7, 11) is 0. The zero-order chi connectivity index (χ0) is 48.5. The van der Waals surface area contributed by atoms with Crippen molar-refractivity contribution < 1.29 is 15.0 Å². The number of amides is 1. The van der Waals surface area contributed by atoms with Gasteiger partial charge in [0.2, 0.25) is 5.91 Å². The Balaban J connectivity index is 3.42. The monoisotopic (exact) mass is 942 g/mol. The molecule has 0 saturated carbocycles. The molecule has 0 rings (SSSR count). The molecule has 2 atom stereocenters. The van der Waals surface area contributed by atoms with Crippen LogP contribution in [-0.4, -0.2) is 34.9 Å². The molecule has 1 amide bonds. The number of hydrogen-bond acceptors (Lipinski definition) is 3. The van der Waals surface area contributed by atoms with Crippen molar-refractivity contribution in [3.8, 4) is 0 Å². The molecule has 0 aliphatic rings. The molecule has 0 radical (unpaired) electrons. The van der Waals surface area contributed by atoms with Crippen molar-refractivity contribution in [2.75, 3.05) is 6.61 Å². The normalized spacial score (nSPS) is 12.8. The van der Waals surface area contributed by atoms with Crippen LogP contribution in [0.2, 0.25) is 0 Å². The van der Waals surface area contributed by atoms with E-state index in [1.807, 2.05) is 6.08 Å². The van der Waals surface area contributed by atoms with Gasteiger partial charge in [-0.15, -0.1) is 0 Å². The lowest BCUT2D eigenvalue weighted by Crippen LogP contribution is -2.45. The average molecular weight is 943 g/mol. The van der Waals surface area contributed by atoms with Crippen molar-refractivity contribution in [2.24, 2.45) is 0 Å². The number of unbranched alkanes of at least 4 members (excludes halogenated alkanes) is 49. The third-order valence-electron chi connectivity index (χ3n) is 14.7. The molecule has 3 N–H and O–H groups in total. The van der Waals surface area contributed by atoms with Crippen LogP contribution in [0, 0.1) is 0 Å². The molecule has 0 heterocycles. The van der Waals surface area contributed by atoms with Gasteiger partial charge >= 0.3 is 0 Å². The number of carbonyl (C=O) groups excluding carboxylic acids is 1. The van der Waals surface area contributed by atoms with E-state index < -0.39 is 12.1 Å². The number of aliphatic hydroxyl groups is 2. The van der Waals surface area contributed by atoms with Crippen LogP contribution in [-0.2, 0) is 4.79 Å². The standard InChI is InChI=1S/C63H123NO3/c1-3-5-7-9-11-13-15-17-19-21-23-25-27-28-29-30-31-32-33-34-35-36-37-39-41-43-45-47-49-51-53-55-57-59-63(67)64-61(60-65)62(66)58-56-54-52-50-48-46-44-42-40-38-26-24-22-20-18-16-14-12-10-8-6-4-2/h21,23,56,58,61-62,65-66H,3-20,22,24-55,57,59-60H2,1-2H3,(H,64,67)/b23-21-,58-56+. The first-order valence-corrected chi connectivity index (χ1v) is 31.1. The molecule has 0 saturated heterocycles. The minimum atomic E-state index is -0.837. The van der Waals surface area contributed by atoms with Crippen molar-refractivity contribution in [3.05, 3.63) is 24.3 Å². The van der Waals surface area contributed by atoms with Crippen molar-refractivity contribution in [1.82, 2.24) is 5.32 Å². The first-order valence-electron chi connectivity index (χ1n) is 31.1. The van der Waals surface area contributed by atoms with E-state index in [4.69, 9.17) is 0 Å². The fourth-order valence-electron chi connectivity index (χ4n) is 9.94. The molecule has 0 bridgehead atoms. The Hall–Kier alpha value is -1.13. The summed E-state index contributed by atoms with van der Waals surface area (Å²) in [6, 6.07) is -0.620. The Morgan fingerprint density at radius 2 is 0.567 bits per heavy atom. The van der Waals surface area contributed by atoms with Gasteiger partial charge in [0.05, 0.1) is 18.8 Å². The van der Waals surface area contributed by atoms with Crippen LogP contribution in [0.1, 0.15) is 354 Å². The van der Waals surface area contributed by atoms with Crippen LogP contribution in [0.25, 0.3) is 0 Å². The second kappa shape index (κ2) is 59.2. The van der Waals surface area contributed by atoms with Crippen molar-refractivity contribution >= 4 is 5.91 Å². The van der Waals surface area contributed by atoms with Gasteiger partial charge in [-0.25, -0.2) is 0 Å². The second-order valence-corrected chi connectivity index (χ2v) is 21.5. The van der Waals surface area contributed by atoms with Gasteiger partial charge < -0.3 is 15.5 Å².